The van der Waals surface area contributed by atoms with Gasteiger partial charge in [0.15, 0.2) is 0 Å². The van der Waals surface area contributed by atoms with Gasteiger partial charge in [0, 0.05) is 16.1 Å². The van der Waals surface area contributed by atoms with Crippen LogP contribution in [0.5, 0.6) is 5.75 Å². The molecule has 0 unspecified atom stereocenters. The molecule has 0 atom stereocenters. The zero-order valence-electron chi connectivity index (χ0n) is 9.41. The smallest absolute Gasteiger partial charge is 0.119 e. The van der Waals surface area contributed by atoms with Crippen molar-refractivity contribution in [1.29, 1.82) is 0 Å². The number of methoxy groups -OCH3 is 1. The van der Waals surface area contributed by atoms with E-state index < -0.39 is 0 Å². The zero-order valence-corrected chi connectivity index (χ0v) is 10.2. The van der Waals surface area contributed by atoms with Gasteiger partial charge in [0.05, 0.1) is 7.11 Å². The third kappa shape index (κ3) is 2.43. The fourth-order valence-electron chi connectivity index (χ4n) is 1.60. The summed E-state index contributed by atoms with van der Waals surface area (Å²) in [5.74, 6) is 3.37. The summed E-state index contributed by atoms with van der Waals surface area (Å²) in [5, 5.41) is 0.694. The molecule has 0 saturated carbocycles. The summed E-state index contributed by atoms with van der Waals surface area (Å²) in [6.07, 6.45) is 5.32. The minimum atomic E-state index is 0.694. The van der Waals surface area contributed by atoms with Crippen LogP contribution >= 0.6 is 11.6 Å². The molecule has 0 amide bonds. The Morgan fingerprint density at radius 2 is 1.82 bits per heavy atom. The Morgan fingerprint density at radius 3 is 2.41 bits per heavy atom. The van der Waals surface area contributed by atoms with Crippen molar-refractivity contribution in [2.45, 2.75) is 0 Å². The second-order valence-electron chi connectivity index (χ2n) is 3.57. The van der Waals surface area contributed by atoms with E-state index in [1.807, 2.05) is 42.5 Å². The molecule has 2 rings (SSSR count). The Hall–Kier alpha value is -1.91. The summed E-state index contributed by atoms with van der Waals surface area (Å²) in [5.41, 5.74) is 2.82. The van der Waals surface area contributed by atoms with Gasteiger partial charge in [-0.05, 0) is 35.9 Å². The van der Waals surface area contributed by atoms with Gasteiger partial charge < -0.3 is 4.74 Å². The van der Waals surface area contributed by atoms with Gasteiger partial charge in [-0.1, -0.05) is 29.7 Å². The van der Waals surface area contributed by atoms with E-state index in [9.17, 15) is 0 Å². The molecule has 0 fully saturated rings. The Balaban J connectivity index is 2.48. The predicted molar refractivity (Wildman–Crippen MR) is 71.4 cm³/mol. The van der Waals surface area contributed by atoms with Crippen LogP contribution in [0.15, 0.2) is 42.5 Å². The molecular weight excluding hydrogens is 232 g/mol. The van der Waals surface area contributed by atoms with Crippen LogP contribution in [0.3, 0.4) is 0 Å². The summed E-state index contributed by atoms with van der Waals surface area (Å²) < 4.78 is 5.19. The third-order valence-electron chi connectivity index (χ3n) is 2.54. The van der Waals surface area contributed by atoms with E-state index in [1.165, 1.54) is 0 Å². The summed E-state index contributed by atoms with van der Waals surface area (Å²) in [7, 11) is 1.63. The lowest BCUT2D eigenvalue weighted by molar-refractivity contribution is 0.415. The van der Waals surface area contributed by atoms with Crippen LogP contribution in [-0.4, -0.2) is 7.11 Å². The Labute approximate surface area is 106 Å². The molecule has 2 aromatic rings. The molecule has 0 aliphatic heterocycles. The van der Waals surface area contributed by atoms with Crippen LogP contribution in [0.2, 0.25) is 5.02 Å². The number of terminal acetylenes is 1. The Kier molecular flexibility index (Phi) is 3.37. The molecule has 2 heteroatoms. The molecule has 0 aliphatic carbocycles. The molecule has 0 spiro atoms. The molecule has 0 aliphatic rings. The first-order valence-electron chi connectivity index (χ1n) is 5.15. The maximum atomic E-state index is 6.17. The van der Waals surface area contributed by atoms with Crippen LogP contribution in [0, 0.1) is 12.3 Å². The fourth-order valence-corrected chi connectivity index (χ4v) is 1.83. The van der Waals surface area contributed by atoms with Crippen molar-refractivity contribution in [1.82, 2.24) is 0 Å². The quantitative estimate of drug-likeness (QED) is 0.724. The van der Waals surface area contributed by atoms with Crippen molar-refractivity contribution in [3.63, 3.8) is 0 Å². The average Bonchev–Trinajstić information content (AvgIpc) is 2.39. The molecule has 2 aromatic carbocycles. The highest BCUT2D eigenvalue weighted by Crippen LogP contribution is 2.31. The van der Waals surface area contributed by atoms with E-state index in [-0.39, 0.29) is 0 Å². The molecule has 0 heterocycles. The Bertz CT molecular complexity index is 564. The van der Waals surface area contributed by atoms with Gasteiger partial charge in [-0.15, -0.1) is 6.42 Å². The van der Waals surface area contributed by atoms with Gasteiger partial charge >= 0.3 is 0 Å². The van der Waals surface area contributed by atoms with E-state index in [1.54, 1.807) is 7.11 Å². The highest BCUT2D eigenvalue weighted by atomic mass is 35.5. The number of halogens is 1. The summed E-state index contributed by atoms with van der Waals surface area (Å²) in [6, 6.07) is 13.3. The lowest BCUT2D eigenvalue weighted by Crippen LogP contribution is -1.85. The average molecular weight is 243 g/mol. The number of hydrogen-bond donors (Lipinski definition) is 0. The zero-order chi connectivity index (χ0) is 12.3. The van der Waals surface area contributed by atoms with Gasteiger partial charge in [-0.25, -0.2) is 0 Å². The maximum Gasteiger partial charge on any atom is 0.119 e. The number of hydrogen-bond acceptors (Lipinski definition) is 1. The first-order valence-corrected chi connectivity index (χ1v) is 5.53. The molecule has 0 saturated heterocycles. The van der Waals surface area contributed by atoms with Crippen LogP contribution < -0.4 is 4.74 Å². The number of benzene rings is 2. The first-order chi connectivity index (χ1) is 8.24. The van der Waals surface area contributed by atoms with Crippen LogP contribution in [0.1, 0.15) is 5.56 Å². The van der Waals surface area contributed by atoms with Crippen LogP contribution in [0.4, 0.5) is 0 Å². The predicted octanol–water partition coefficient (Wildman–Crippen LogP) is 4.00. The summed E-state index contributed by atoms with van der Waals surface area (Å²) in [4.78, 5) is 0. The molecule has 0 radical (unpaired) electrons. The SMILES string of the molecule is C#Cc1ccc(-c2cc(OC)ccc2Cl)cc1. The van der Waals surface area contributed by atoms with Gasteiger partial charge in [0.2, 0.25) is 0 Å². The van der Waals surface area contributed by atoms with Crippen molar-refractivity contribution < 1.29 is 4.74 Å². The van der Waals surface area contributed by atoms with Crippen molar-refractivity contribution in [2.24, 2.45) is 0 Å². The van der Waals surface area contributed by atoms with Crippen molar-refractivity contribution in [2.75, 3.05) is 7.11 Å². The normalized spacial score (nSPS) is 9.71. The van der Waals surface area contributed by atoms with Gasteiger partial charge in [0.25, 0.3) is 0 Å². The molecule has 0 bridgehead atoms. The van der Waals surface area contributed by atoms with E-state index in [0.29, 0.717) is 5.02 Å². The van der Waals surface area contributed by atoms with Gasteiger partial charge in [0.1, 0.15) is 5.75 Å². The lowest BCUT2D eigenvalue weighted by atomic mass is 10.0. The molecule has 84 valence electrons. The van der Waals surface area contributed by atoms with E-state index in [0.717, 1.165) is 22.4 Å². The van der Waals surface area contributed by atoms with Crippen LogP contribution in [0.25, 0.3) is 11.1 Å². The van der Waals surface area contributed by atoms with E-state index >= 15 is 0 Å². The maximum absolute atomic E-state index is 6.17. The molecule has 0 aromatic heterocycles. The Morgan fingerprint density at radius 1 is 1.12 bits per heavy atom. The van der Waals surface area contributed by atoms with Crippen molar-refractivity contribution >= 4 is 11.6 Å². The molecular formula is C15H11ClO. The fraction of sp³-hybridized carbons (Fsp3) is 0.0667. The second kappa shape index (κ2) is 4.95. The first kappa shape index (κ1) is 11.6. The molecule has 0 N–H and O–H groups in total. The number of rotatable bonds is 2. The van der Waals surface area contributed by atoms with Crippen molar-refractivity contribution in [3.05, 3.63) is 53.1 Å². The molecule has 17 heavy (non-hydrogen) atoms. The van der Waals surface area contributed by atoms with Crippen molar-refractivity contribution in [3.8, 4) is 29.2 Å². The third-order valence-corrected chi connectivity index (χ3v) is 2.87. The minimum absolute atomic E-state index is 0.694. The van der Waals surface area contributed by atoms with E-state index in [2.05, 4.69) is 5.92 Å². The lowest BCUT2D eigenvalue weighted by Gasteiger charge is -2.07. The molecule has 1 nitrogen and oxygen atoms in total. The topological polar surface area (TPSA) is 9.23 Å². The van der Waals surface area contributed by atoms with Crippen LogP contribution in [-0.2, 0) is 0 Å². The number of ether oxygens (including phenoxy) is 1. The minimum Gasteiger partial charge on any atom is -0.497 e. The summed E-state index contributed by atoms with van der Waals surface area (Å²) >= 11 is 6.17. The summed E-state index contributed by atoms with van der Waals surface area (Å²) in [6.45, 7) is 0. The van der Waals surface area contributed by atoms with E-state index in [4.69, 9.17) is 22.8 Å². The van der Waals surface area contributed by atoms with Gasteiger partial charge in [-0.3, -0.25) is 0 Å². The monoisotopic (exact) mass is 242 g/mol. The largest absolute Gasteiger partial charge is 0.497 e. The second-order valence-corrected chi connectivity index (χ2v) is 3.97. The highest BCUT2D eigenvalue weighted by molar-refractivity contribution is 6.33. The van der Waals surface area contributed by atoms with Gasteiger partial charge in [-0.2, -0.15) is 0 Å². The standard InChI is InChI=1S/C15H11ClO/c1-3-11-4-6-12(7-5-11)14-10-13(17-2)8-9-15(14)16/h1,4-10H,2H3. The highest BCUT2D eigenvalue weighted by Gasteiger charge is 2.05.